The number of nitrogens with zero attached hydrogens (tertiary/aromatic N) is 2. The molecule has 1 aromatic rings. The maximum Gasteiger partial charge on any atom is 0.159 e. The zero-order valence-electron chi connectivity index (χ0n) is 11.8. The zero-order valence-corrected chi connectivity index (χ0v) is 14.3. The lowest BCUT2D eigenvalue weighted by atomic mass is 10.1. The molecule has 19 heavy (non-hydrogen) atoms. The van der Waals surface area contributed by atoms with E-state index in [1.54, 1.807) is 11.8 Å². The summed E-state index contributed by atoms with van der Waals surface area (Å²) in [6.07, 6.45) is 0. The Labute approximate surface area is 132 Å². The van der Waals surface area contributed by atoms with Crippen LogP contribution in [-0.2, 0) is 6.54 Å². The third kappa shape index (κ3) is 7.06. The third-order valence-corrected chi connectivity index (χ3v) is 3.10. The fourth-order valence-electron chi connectivity index (χ4n) is 1.60. The van der Waals surface area contributed by atoms with Crippen molar-refractivity contribution in [1.29, 1.82) is 0 Å². The number of benzene rings is 1. The summed E-state index contributed by atoms with van der Waals surface area (Å²) >= 11 is 1.57. The van der Waals surface area contributed by atoms with Gasteiger partial charge >= 0.3 is 0 Å². The lowest BCUT2D eigenvalue weighted by Crippen LogP contribution is -2.11. The Morgan fingerprint density at radius 2 is 1.95 bits per heavy atom. The first kappa shape index (κ1) is 20.9. The van der Waals surface area contributed by atoms with Crippen molar-refractivity contribution >= 4 is 47.4 Å². The maximum atomic E-state index is 5.84. The van der Waals surface area contributed by atoms with Gasteiger partial charge in [-0.25, -0.2) is 4.99 Å². The minimum absolute atomic E-state index is 0. The van der Waals surface area contributed by atoms with Crippen LogP contribution in [0.5, 0.6) is 0 Å². The fourth-order valence-corrected chi connectivity index (χ4v) is 2.06. The van der Waals surface area contributed by atoms with Crippen LogP contribution in [-0.4, -0.2) is 29.9 Å². The molecule has 1 rings (SSSR count). The quantitative estimate of drug-likeness (QED) is 0.680. The molecule has 6 heteroatoms. The van der Waals surface area contributed by atoms with E-state index in [0.717, 1.165) is 18.0 Å². The molecule has 0 heterocycles. The van der Waals surface area contributed by atoms with E-state index in [0.29, 0.717) is 5.17 Å². The molecule has 0 amide bonds. The number of nitrogens with two attached hydrogens (primary N) is 1. The number of aliphatic imine (C=N–C) groups is 1. The van der Waals surface area contributed by atoms with E-state index < -0.39 is 0 Å². The van der Waals surface area contributed by atoms with Gasteiger partial charge in [0, 0.05) is 6.54 Å². The first-order chi connectivity index (χ1) is 8.04. The van der Waals surface area contributed by atoms with Gasteiger partial charge in [0.2, 0.25) is 0 Å². The number of rotatable bonds is 4. The van der Waals surface area contributed by atoms with Gasteiger partial charge in [0.25, 0.3) is 0 Å². The van der Waals surface area contributed by atoms with Gasteiger partial charge in [-0.3, -0.25) is 0 Å². The molecule has 0 unspecified atom stereocenters. The van der Waals surface area contributed by atoms with Crippen molar-refractivity contribution in [1.82, 2.24) is 4.90 Å². The highest BCUT2D eigenvalue weighted by molar-refractivity contribution is 8.13. The van der Waals surface area contributed by atoms with Gasteiger partial charge in [-0.15, -0.1) is 24.8 Å². The Kier molecular flexibility index (Phi) is 11.4. The monoisotopic (exact) mass is 323 g/mol. The molecule has 0 aromatic heterocycles. The average molecular weight is 324 g/mol. The summed E-state index contributed by atoms with van der Waals surface area (Å²) in [5, 5.41) is 0.637. The minimum atomic E-state index is 0. The Hall–Kier alpha value is -0.420. The molecule has 0 aliphatic heterocycles. The lowest BCUT2D eigenvalue weighted by Gasteiger charge is -2.13. The van der Waals surface area contributed by atoms with E-state index in [-0.39, 0.29) is 24.8 Å². The minimum Gasteiger partial charge on any atom is -0.378 e. The normalized spacial score (nSPS) is 10.9. The summed E-state index contributed by atoms with van der Waals surface area (Å²) in [4.78, 5) is 6.61. The molecule has 0 atom stereocenters. The van der Waals surface area contributed by atoms with E-state index in [4.69, 9.17) is 5.73 Å². The first-order valence-electron chi connectivity index (χ1n) is 5.74. The SMILES string of the molecule is CCSC(N)=Nc1cccc(CN(C)C)c1C.Cl.Cl. The average Bonchev–Trinajstić information content (AvgIpc) is 2.23. The second-order valence-corrected chi connectivity index (χ2v) is 5.47. The Bertz CT molecular complexity index is 409. The summed E-state index contributed by atoms with van der Waals surface area (Å²) in [6.45, 7) is 5.10. The number of thioether (sulfide) groups is 1. The van der Waals surface area contributed by atoms with Crippen LogP contribution in [0.15, 0.2) is 23.2 Å². The van der Waals surface area contributed by atoms with Crippen molar-refractivity contribution in [2.24, 2.45) is 10.7 Å². The Morgan fingerprint density at radius 1 is 1.32 bits per heavy atom. The third-order valence-electron chi connectivity index (χ3n) is 2.43. The topological polar surface area (TPSA) is 41.6 Å². The van der Waals surface area contributed by atoms with Crippen molar-refractivity contribution < 1.29 is 0 Å². The van der Waals surface area contributed by atoms with Crippen molar-refractivity contribution in [3.05, 3.63) is 29.3 Å². The molecular weight excluding hydrogens is 301 g/mol. The van der Waals surface area contributed by atoms with Gasteiger partial charge in [-0.1, -0.05) is 30.8 Å². The van der Waals surface area contributed by atoms with E-state index in [1.165, 1.54) is 11.1 Å². The Balaban J connectivity index is 0. The fraction of sp³-hybridized carbons (Fsp3) is 0.462. The summed E-state index contributed by atoms with van der Waals surface area (Å²) in [6, 6.07) is 6.18. The van der Waals surface area contributed by atoms with Crippen molar-refractivity contribution in [2.45, 2.75) is 20.4 Å². The molecule has 0 aliphatic rings. The predicted octanol–water partition coefficient (Wildman–Crippen LogP) is 3.60. The van der Waals surface area contributed by atoms with Gasteiger partial charge in [-0.2, -0.15) is 0 Å². The van der Waals surface area contributed by atoms with Crippen LogP contribution in [0, 0.1) is 6.92 Å². The van der Waals surface area contributed by atoms with Gasteiger partial charge in [0.05, 0.1) is 5.69 Å². The van der Waals surface area contributed by atoms with Crippen molar-refractivity contribution in [3.63, 3.8) is 0 Å². The van der Waals surface area contributed by atoms with Crippen LogP contribution >= 0.6 is 36.6 Å². The van der Waals surface area contributed by atoms with E-state index in [2.05, 4.69) is 43.9 Å². The predicted molar refractivity (Wildman–Crippen MR) is 92.5 cm³/mol. The molecule has 0 spiro atoms. The summed E-state index contributed by atoms with van der Waals surface area (Å²) in [5.41, 5.74) is 9.32. The molecule has 0 saturated heterocycles. The van der Waals surface area contributed by atoms with Crippen molar-refractivity contribution in [3.8, 4) is 0 Å². The molecular formula is C13H23Cl2N3S. The number of hydrogen-bond donors (Lipinski definition) is 1. The smallest absolute Gasteiger partial charge is 0.159 e. The largest absolute Gasteiger partial charge is 0.378 e. The molecule has 0 radical (unpaired) electrons. The van der Waals surface area contributed by atoms with Gasteiger partial charge in [0.1, 0.15) is 0 Å². The highest BCUT2D eigenvalue weighted by Gasteiger charge is 2.04. The number of amidine groups is 1. The highest BCUT2D eigenvalue weighted by Crippen LogP contribution is 2.23. The number of halogens is 2. The van der Waals surface area contributed by atoms with Gasteiger partial charge in [-0.05, 0) is 44.0 Å². The molecule has 0 fully saturated rings. The van der Waals surface area contributed by atoms with E-state index >= 15 is 0 Å². The van der Waals surface area contributed by atoms with Crippen LogP contribution in [0.4, 0.5) is 5.69 Å². The molecule has 0 aliphatic carbocycles. The summed E-state index contributed by atoms with van der Waals surface area (Å²) < 4.78 is 0. The first-order valence-corrected chi connectivity index (χ1v) is 6.73. The van der Waals surface area contributed by atoms with Crippen molar-refractivity contribution in [2.75, 3.05) is 19.8 Å². The molecule has 0 saturated carbocycles. The second kappa shape index (κ2) is 10.4. The summed E-state index contributed by atoms with van der Waals surface area (Å²) in [5.74, 6) is 0.950. The van der Waals surface area contributed by atoms with Crippen LogP contribution < -0.4 is 5.73 Å². The standard InChI is InChI=1S/C13H21N3S.2ClH/c1-5-17-13(14)15-12-8-6-7-11(10(12)2)9-16(3)4;;/h6-8H,5,9H2,1-4H3,(H2,14,15);2*1H. The van der Waals surface area contributed by atoms with Crippen LogP contribution in [0.1, 0.15) is 18.1 Å². The molecule has 2 N–H and O–H groups in total. The summed E-state index contributed by atoms with van der Waals surface area (Å²) in [7, 11) is 4.13. The highest BCUT2D eigenvalue weighted by atomic mass is 35.5. The number of hydrogen-bond acceptors (Lipinski definition) is 3. The van der Waals surface area contributed by atoms with E-state index in [1.807, 2.05) is 12.1 Å². The van der Waals surface area contributed by atoms with Crippen LogP contribution in [0.3, 0.4) is 0 Å². The van der Waals surface area contributed by atoms with E-state index in [9.17, 15) is 0 Å². The zero-order chi connectivity index (χ0) is 12.8. The van der Waals surface area contributed by atoms with Crippen LogP contribution in [0.2, 0.25) is 0 Å². The molecule has 1 aromatic carbocycles. The molecule has 3 nitrogen and oxygen atoms in total. The van der Waals surface area contributed by atoms with Gasteiger partial charge < -0.3 is 10.6 Å². The van der Waals surface area contributed by atoms with Crippen LogP contribution in [0.25, 0.3) is 0 Å². The van der Waals surface area contributed by atoms with Gasteiger partial charge in [0.15, 0.2) is 5.17 Å². The Morgan fingerprint density at radius 3 is 2.47 bits per heavy atom. The lowest BCUT2D eigenvalue weighted by molar-refractivity contribution is 0.401. The molecule has 0 bridgehead atoms. The molecule has 110 valence electrons. The maximum absolute atomic E-state index is 5.84. The second-order valence-electron chi connectivity index (χ2n) is 4.18.